The molecular weight excluding hydrogens is 334 g/mol. The molecule has 0 bridgehead atoms. The number of pyridine rings is 1. The molecule has 130 valence electrons. The smallest absolute Gasteiger partial charge is 0.319 e. The third-order valence-electron chi connectivity index (χ3n) is 3.84. The highest BCUT2D eigenvalue weighted by atomic mass is 32.2. The number of urea groups is 1. The van der Waals surface area contributed by atoms with E-state index in [1.165, 1.54) is 0 Å². The molecular formula is C18H21N5OS. The Morgan fingerprint density at radius 3 is 2.92 bits per heavy atom. The normalized spacial score (nSPS) is 12.1. The van der Waals surface area contributed by atoms with Gasteiger partial charge >= 0.3 is 6.03 Å². The van der Waals surface area contributed by atoms with Crippen LogP contribution in [0.3, 0.4) is 0 Å². The van der Waals surface area contributed by atoms with Gasteiger partial charge in [0.2, 0.25) is 0 Å². The van der Waals surface area contributed by atoms with Gasteiger partial charge in [-0.1, -0.05) is 18.2 Å². The molecule has 0 aliphatic heterocycles. The lowest BCUT2D eigenvalue weighted by molar-refractivity contribution is 0.247. The van der Waals surface area contributed by atoms with Crippen LogP contribution >= 0.6 is 11.8 Å². The summed E-state index contributed by atoms with van der Waals surface area (Å²) in [4.78, 5) is 12.4. The Bertz CT molecular complexity index is 863. The monoisotopic (exact) mass is 355 g/mol. The van der Waals surface area contributed by atoms with Gasteiger partial charge in [-0.3, -0.25) is 4.40 Å². The second kappa shape index (κ2) is 8.02. The SMILES string of the molecule is CSCCC(NC(=O)Nc1cccc(C)c1)c1nnc2ccccn12. The number of aryl methyl sites for hydroxylation is 1. The second-order valence-corrected chi connectivity index (χ2v) is 6.77. The Hall–Kier alpha value is -2.54. The number of fused-ring (bicyclic) bond motifs is 1. The highest BCUT2D eigenvalue weighted by Gasteiger charge is 2.20. The fourth-order valence-electron chi connectivity index (χ4n) is 2.65. The molecule has 2 heterocycles. The number of amides is 2. The van der Waals surface area contributed by atoms with Crippen LogP contribution < -0.4 is 10.6 Å². The highest BCUT2D eigenvalue weighted by molar-refractivity contribution is 7.98. The molecule has 0 spiro atoms. The van der Waals surface area contributed by atoms with Gasteiger partial charge in [-0.2, -0.15) is 11.8 Å². The highest BCUT2D eigenvalue weighted by Crippen LogP contribution is 2.19. The van der Waals surface area contributed by atoms with Gasteiger partial charge in [-0.15, -0.1) is 10.2 Å². The van der Waals surface area contributed by atoms with Crippen molar-refractivity contribution in [2.24, 2.45) is 0 Å². The fraction of sp³-hybridized carbons (Fsp3) is 0.278. The molecule has 0 radical (unpaired) electrons. The van der Waals surface area contributed by atoms with E-state index in [0.717, 1.165) is 34.9 Å². The summed E-state index contributed by atoms with van der Waals surface area (Å²) in [7, 11) is 0. The van der Waals surface area contributed by atoms with Crippen LogP contribution in [-0.2, 0) is 0 Å². The Morgan fingerprint density at radius 1 is 1.24 bits per heavy atom. The lowest BCUT2D eigenvalue weighted by Crippen LogP contribution is -2.34. The molecule has 0 fully saturated rings. The largest absolute Gasteiger partial charge is 0.328 e. The third kappa shape index (κ3) is 4.30. The molecule has 0 aliphatic carbocycles. The predicted octanol–water partition coefficient (Wildman–Crippen LogP) is 3.65. The summed E-state index contributed by atoms with van der Waals surface area (Å²) in [5, 5.41) is 14.4. The van der Waals surface area contributed by atoms with Crippen LogP contribution in [0.1, 0.15) is 23.9 Å². The van der Waals surface area contributed by atoms with E-state index in [1.54, 1.807) is 11.8 Å². The minimum Gasteiger partial charge on any atom is -0.328 e. The number of carbonyl (C=O) groups excluding carboxylic acids is 1. The summed E-state index contributed by atoms with van der Waals surface area (Å²) in [6.45, 7) is 1.99. The summed E-state index contributed by atoms with van der Waals surface area (Å²) < 4.78 is 1.91. The van der Waals surface area contributed by atoms with Crippen LogP contribution in [0, 0.1) is 6.92 Å². The number of nitrogens with one attached hydrogen (secondary N) is 2. The number of carbonyl (C=O) groups is 1. The Kier molecular flexibility index (Phi) is 5.55. The van der Waals surface area contributed by atoms with Crippen molar-refractivity contribution in [3.8, 4) is 0 Å². The van der Waals surface area contributed by atoms with Crippen molar-refractivity contribution in [3.63, 3.8) is 0 Å². The maximum atomic E-state index is 12.4. The molecule has 6 nitrogen and oxygen atoms in total. The lowest BCUT2D eigenvalue weighted by Gasteiger charge is -2.17. The second-order valence-electron chi connectivity index (χ2n) is 5.79. The molecule has 0 saturated carbocycles. The molecule has 3 rings (SSSR count). The van der Waals surface area contributed by atoms with Gasteiger partial charge < -0.3 is 10.6 Å². The van der Waals surface area contributed by atoms with E-state index in [1.807, 2.05) is 66.2 Å². The minimum absolute atomic E-state index is 0.213. The quantitative estimate of drug-likeness (QED) is 0.708. The Balaban J connectivity index is 1.77. The number of hydrogen-bond acceptors (Lipinski definition) is 4. The minimum atomic E-state index is -0.246. The van der Waals surface area contributed by atoms with Crippen LogP contribution in [0.4, 0.5) is 10.5 Å². The molecule has 0 saturated heterocycles. The zero-order chi connectivity index (χ0) is 17.6. The molecule has 1 aromatic carbocycles. The summed E-state index contributed by atoms with van der Waals surface area (Å²) >= 11 is 1.74. The van der Waals surface area contributed by atoms with Gasteiger partial charge in [0.05, 0.1) is 6.04 Å². The van der Waals surface area contributed by atoms with E-state index in [-0.39, 0.29) is 12.1 Å². The topological polar surface area (TPSA) is 71.3 Å². The van der Waals surface area contributed by atoms with Crippen LogP contribution in [-0.4, -0.2) is 32.6 Å². The van der Waals surface area contributed by atoms with Crippen molar-refractivity contribution >= 4 is 29.1 Å². The number of hydrogen-bond donors (Lipinski definition) is 2. The maximum absolute atomic E-state index is 12.4. The average Bonchev–Trinajstić information content (AvgIpc) is 3.02. The van der Waals surface area contributed by atoms with E-state index in [4.69, 9.17) is 0 Å². The van der Waals surface area contributed by atoms with Crippen molar-refractivity contribution in [2.45, 2.75) is 19.4 Å². The zero-order valence-electron chi connectivity index (χ0n) is 14.3. The van der Waals surface area contributed by atoms with E-state index in [9.17, 15) is 4.79 Å². The van der Waals surface area contributed by atoms with Crippen molar-refractivity contribution in [1.29, 1.82) is 0 Å². The first-order valence-electron chi connectivity index (χ1n) is 8.10. The molecule has 2 N–H and O–H groups in total. The van der Waals surface area contributed by atoms with Gasteiger partial charge in [0.1, 0.15) is 0 Å². The van der Waals surface area contributed by atoms with Gasteiger partial charge in [0.15, 0.2) is 11.5 Å². The third-order valence-corrected chi connectivity index (χ3v) is 4.49. The van der Waals surface area contributed by atoms with Crippen LogP contribution in [0.15, 0.2) is 48.7 Å². The van der Waals surface area contributed by atoms with Crippen LogP contribution in [0.25, 0.3) is 5.65 Å². The van der Waals surface area contributed by atoms with Gasteiger partial charge in [0.25, 0.3) is 0 Å². The maximum Gasteiger partial charge on any atom is 0.319 e. The average molecular weight is 355 g/mol. The molecule has 1 atom stereocenters. The standard InChI is InChI=1S/C18H21N5OS/c1-13-6-5-7-14(12-13)19-18(24)20-15(9-11-25-2)17-22-21-16-8-3-4-10-23(16)17/h3-8,10,12,15H,9,11H2,1-2H3,(H2,19,20,24). The Morgan fingerprint density at radius 2 is 2.12 bits per heavy atom. The van der Waals surface area contributed by atoms with E-state index in [0.29, 0.717) is 0 Å². The number of anilines is 1. The van der Waals surface area contributed by atoms with Crippen LogP contribution in [0.2, 0.25) is 0 Å². The van der Waals surface area contributed by atoms with Gasteiger partial charge in [0, 0.05) is 11.9 Å². The van der Waals surface area contributed by atoms with Crippen molar-refractivity contribution in [3.05, 3.63) is 60.0 Å². The van der Waals surface area contributed by atoms with E-state index < -0.39 is 0 Å². The predicted molar refractivity (Wildman–Crippen MR) is 102 cm³/mol. The molecule has 2 amide bonds. The van der Waals surface area contributed by atoms with Crippen molar-refractivity contribution in [1.82, 2.24) is 19.9 Å². The number of benzene rings is 1. The molecule has 1 unspecified atom stereocenters. The van der Waals surface area contributed by atoms with E-state index >= 15 is 0 Å². The van der Waals surface area contributed by atoms with E-state index in [2.05, 4.69) is 20.8 Å². The summed E-state index contributed by atoms with van der Waals surface area (Å²) in [6, 6.07) is 13.0. The van der Waals surface area contributed by atoms with Gasteiger partial charge in [-0.05, 0) is 55.2 Å². The summed E-state index contributed by atoms with van der Waals surface area (Å²) in [5.41, 5.74) is 2.64. The first-order valence-corrected chi connectivity index (χ1v) is 9.49. The van der Waals surface area contributed by atoms with Crippen LogP contribution in [0.5, 0.6) is 0 Å². The molecule has 0 aliphatic rings. The summed E-state index contributed by atoms with van der Waals surface area (Å²) in [6.07, 6.45) is 4.74. The molecule has 7 heteroatoms. The molecule has 25 heavy (non-hydrogen) atoms. The first kappa shape index (κ1) is 17.3. The molecule has 3 aromatic rings. The Labute approximate surface area is 151 Å². The number of rotatable bonds is 6. The summed E-state index contributed by atoms with van der Waals surface area (Å²) in [5.74, 6) is 1.65. The first-order chi connectivity index (χ1) is 12.2. The van der Waals surface area contributed by atoms with Gasteiger partial charge in [-0.25, -0.2) is 4.79 Å². The zero-order valence-corrected chi connectivity index (χ0v) is 15.1. The number of aromatic nitrogens is 3. The lowest BCUT2D eigenvalue weighted by atomic mass is 10.2. The molecule has 2 aromatic heterocycles. The fourth-order valence-corrected chi connectivity index (χ4v) is 3.12. The number of thioether (sulfide) groups is 1. The van der Waals surface area contributed by atoms with Crippen molar-refractivity contribution < 1.29 is 4.79 Å². The number of nitrogens with zero attached hydrogens (tertiary/aromatic N) is 3. The van der Waals surface area contributed by atoms with Crippen molar-refractivity contribution in [2.75, 3.05) is 17.3 Å².